The Hall–Kier alpha value is -1.23. The van der Waals surface area contributed by atoms with E-state index in [4.69, 9.17) is 16.3 Å². The lowest BCUT2D eigenvalue weighted by atomic mass is 10.1. The van der Waals surface area contributed by atoms with Crippen LogP contribution in [0.1, 0.15) is 11.6 Å². The molecule has 0 fully saturated rings. The summed E-state index contributed by atoms with van der Waals surface area (Å²) in [4.78, 5) is 0. The fraction of sp³-hybridized carbons (Fsp3) is 0.200. The van der Waals surface area contributed by atoms with E-state index in [-0.39, 0.29) is 12.6 Å². The Morgan fingerprint density at radius 1 is 1.30 bits per heavy atom. The summed E-state index contributed by atoms with van der Waals surface area (Å²) in [5, 5.41) is 13.5. The molecule has 0 radical (unpaired) electrons. The minimum absolute atomic E-state index is 0.0326. The van der Waals surface area contributed by atoms with E-state index in [9.17, 15) is 5.11 Å². The Morgan fingerprint density at radius 3 is 2.75 bits per heavy atom. The zero-order chi connectivity index (χ0) is 14.5. The molecule has 0 aliphatic heterocycles. The summed E-state index contributed by atoms with van der Waals surface area (Å²) < 4.78 is 6.02. The molecule has 106 valence electrons. The largest absolute Gasteiger partial charge is 0.497 e. The van der Waals surface area contributed by atoms with Gasteiger partial charge >= 0.3 is 0 Å². The molecule has 0 aliphatic carbocycles. The second-order valence-corrected chi connectivity index (χ2v) is 5.55. The Bertz CT molecular complexity index is 592. The van der Waals surface area contributed by atoms with E-state index in [1.54, 1.807) is 7.11 Å². The molecule has 2 aromatic carbocycles. The molecule has 0 saturated carbocycles. The Morgan fingerprint density at radius 2 is 2.10 bits per heavy atom. The zero-order valence-electron chi connectivity index (χ0n) is 10.9. The first-order chi connectivity index (χ1) is 9.63. The number of ether oxygens (including phenoxy) is 1. The van der Waals surface area contributed by atoms with Gasteiger partial charge in [-0.05, 0) is 45.8 Å². The van der Waals surface area contributed by atoms with Crippen molar-refractivity contribution in [1.82, 2.24) is 0 Å². The summed E-state index contributed by atoms with van der Waals surface area (Å²) in [6.45, 7) is -0.0326. The molecule has 0 amide bonds. The van der Waals surface area contributed by atoms with E-state index in [1.165, 1.54) is 0 Å². The van der Waals surface area contributed by atoms with Crippen LogP contribution < -0.4 is 10.1 Å². The Kier molecular flexibility index (Phi) is 5.29. The summed E-state index contributed by atoms with van der Waals surface area (Å²) in [7, 11) is 1.62. The number of benzene rings is 2. The van der Waals surface area contributed by atoms with Gasteiger partial charge in [-0.2, -0.15) is 0 Å². The van der Waals surface area contributed by atoms with E-state index in [0.717, 1.165) is 21.5 Å². The first-order valence-corrected chi connectivity index (χ1v) is 7.27. The molecule has 0 aliphatic rings. The quantitative estimate of drug-likeness (QED) is 0.841. The number of aliphatic hydroxyl groups excluding tert-OH is 1. The lowest BCUT2D eigenvalue weighted by Crippen LogP contribution is -2.14. The fourth-order valence-electron chi connectivity index (χ4n) is 1.88. The van der Waals surface area contributed by atoms with Crippen LogP contribution in [0, 0.1) is 0 Å². The van der Waals surface area contributed by atoms with Crippen LogP contribution in [0.4, 0.5) is 5.69 Å². The number of rotatable bonds is 5. The summed E-state index contributed by atoms with van der Waals surface area (Å²) in [5.74, 6) is 0.764. The van der Waals surface area contributed by atoms with Crippen molar-refractivity contribution in [2.75, 3.05) is 19.0 Å². The highest BCUT2D eigenvalue weighted by molar-refractivity contribution is 9.10. The molecule has 20 heavy (non-hydrogen) atoms. The van der Waals surface area contributed by atoms with Gasteiger partial charge in [0.25, 0.3) is 0 Å². The maximum absolute atomic E-state index is 9.58. The van der Waals surface area contributed by atoms with Gasteiger partial charge in [0, 0.05) is 16.2 Å². The smallest absolute Gasteiger partial charge is 0.120 e. The molecule has 2 aromatic rings. The van der Waals surface area contributed by atoms with Crippen molar-refractivity contribution in [1.29, 1.82) is 0 Å². The molecule has 0 heterocycles. The monoisotopic (exact) mass is 355 g/mol. The van der Waals surface area contributed by atoms with Crippen molar-refractivity contribution in [3.63, 3.8) is 0 Å². The highest BCUT2D eigenvalue weighted by Crippen LogP contribution is 2.28. The van der Waals surface area contributed by atoms with Crippen LogP contribution in [0.15, 0.2) is 46.9 Å². The number of aliphatic hydroxyl groups is 1. The van der Waals surface area contributed by atoms with Gasteiger partial charge in [-0.3, -0.25) is 0 Å². The standard InChI is InChI=1S/C15H15BrClNO2/c1-20-12-4-2-3-11(8-12)18-15(9-19)10-5-6-13(16)14(17)7-10/h2-8,15,18-19H,9H2,1H3. The number of hydrogen-bond donors (Lipinski definition) is 2. The average Bonchev–Trinajstić information content (AvgIpc) is 2.48. The van der Waals surface area contributed by atoms with E-state index >= 15 is 0 Å². The maximum Gasteiger partial charge on any atom is 0.120 e. The van der Waals surface area contributed by atoms with Gasteiger partial charge in [0.15, 0.2) is 0 Å². The average molecular weight is 357 g/mol. The van der Waals surface area contributed by atoms with Gasteiger partial charge in [0.2, 0.25) is 0 Å². The van der Waals surface area contributed by atoms with Gasteiger partial charge in [-0.1, -0.05) is 23.7 Å². The van der Waals surface area contributed by atoms with E-state index < -0.39 is 0 Å². The molecule has 2 rings (SSSR count). The zero-order valence-corrected chi connectivity index (χ0v) is 13.3. The van der Waals surface area contributed by atoms with Crippen molar-refractivity contribution >= 4 is 33.2 Å². The number of nitrogens with one attached hydrogen (secondary N) is 1. The van der Waals surface area contributed by atoms with Crippen LogP contribution in [0.5, 0.6) is 5.75 Å². The lowest BCUT2D eigenvalue weighted by molar-refractivity contribution is 0.276. The summed E-state index contributed by atoms with van der Waals surface area (Å²) in [6.07, 6.45) is 0. The van der Waals surface area contributed by atoms with Gasteiger partial charge in [0.05, 0.1) is 24.8 Å². The first-order valence-electron chi connectivity index (χ1n) is 6.10. The molecule has 1 unspecified atom stereocenters. The van der Waals surface area contributed by atoms with E-state index in [1.807, 2.05) is 42.5 Å². The minimum atomic E-state index is -0.229. The lowest BCUT2D eigenvalue weighted by Gasteiger charge is -2.19. The molecule has 0 aromatic heterocycles. The minimum Gasteiger partial charge on any atom is -0.497 e. The van der Waals surface area contributed by atoms with Gasteiger partial charge in [-0.15, -0.1) is 0 Å². The van der Waals surface area contributed by atoms with Gasteiger partial charge in [0.1, 0.15) is 5.75 Å². The third-order valence-corrected chi connectivity index (χ3v) is 4.17. The molecule has 0 saturated heterocycles. The SMILES string of the molecule is COc1cccc(NC(CO)c2ccc(Br)c(Cl)c2)c1. The van der Waals surface area contributed by atoms with E-state index in [0.29, 0.717) is 5.02 Å². The van der Waals surface area contributed by atoms with Gasteiger partial charge < -0.3 is 15.2 Å². The summed E-state index contributed by atoms with van der Waals surface area (Å²) >= 11 is 9.44. The third-order valence-electron chi connectivity index (χ3n) is 2.94. The maximum atomic E-state index is 9.58. The van der Waals surface area contributed by atoms with E-state index in [2.05, 4.69) is 21.2 Å². The second kappa shape index (κ2) is 6.97. The number of methoxy groups -OCH3 is 1. The van der Waals surface area contributed by atoms with Crippen LogP contribution in [0.25, 0.3) is 0 Å². The number of anilines is 1. The predicted molar refractivity (Wildman–Crippen MR) is 85.6 cm³/mol. The Balaban J connectivity index is 2.21. The Labute approximate surface area is 131 Å². The molecular formula is C15H15BrClNO2. The molecule has 5 heteroatoms. The fourth-order valence-corrected chi connectivity index (χ4v) is 2.31. The third kappa shape index (κ3) is 3.66. The molecule has 3 nitrogen and oxygen atoms in total. The van der Waals surface area contributed by atoms with Crippen LogP contribution in [0.2, 0.25) is 5.02 Å². The van der Waals surface area contributed by atoms with Crippen LogP contribution in [0.3, 0.4) is 0 Å². The van der Waals surface area contributed by atoms with Crippen molar-refractivity contribution in [3.8, 4) is 5.75 Å². The van der Waals surface area contributed by atoms with Gasteiger partial charge in [-0.25, -0.2) is 0 Å². The number of halogens is 2. The van der Waals surface area contributed by atoms with Crippen LogP contribution in [-0.4, -0.2) is 18.8 Å². The summed E-state index contributed by atoms with van der Waals surface area (Å²) in [5.41, 5.74) is 1.80. The molecule has 1 atom stereocenters. The van der Waals surface area contributed by atoms with Crippen molar-refractivity contribution in [3.05, 3.63) is 57.5 Å². The van der Waals surface area contributed by atoms with Crippen molar-refractivity contribution < 1.29 is 9.84 Å². The van der Waals surface area contributed by atoms with Crippen LogP contribution in [-0.2, 0) is 0 Å². The highest BCUT2D eigenvalue weighted by Gasteiger charge is 2.12. The first kappa shape index (κ1) is 15.2. The number of hydrogen-bond acceptors (Lipinski definition) is 3. The molecular weight excluding hydrogens is 342 g/mol. The highest BCUT2D eigenvalue weighted by atomic mass is 79.9. The van der Waals surface area contributed by atoms with Crippen molar-refractivity contribution in [2.45, 2.75) is 6.04 Å². The van der Waals surface area contributed by atoms with Crippen molar-refractivity contribution in [2.24, 2.45) is 0 Å². The molecule has 0 bridgehead atoms. The predicted octanol–water partition coefficient (Wildman–Crippen LogP) is 4.26. The molecule has 2 N–H and O–H groups in total. The topological polar surface area (TPSA) is 41.5 Å². The molecule has 0 spiro atoms. The second-order valence-electron chi connectivity index (χ2n) is 4.28. The normalized spacial score (nSPS) is 12.0. The van der Waals surface area contributed by atoms with Crippen LogP contribution >= 0.6 is 27.5 Å². The summed E-state index contributed by atoms with van der Waals surface area (Å²) in [6, 6.07) is 13.0.